The van der Waals surface area contributed by atoms with Crippen molar-refractivity contribution in [2.75, 3.05) is 63.1 Å². The van der Waals surface area contributed by atoms with Crippen molar-refractivity contribution in [2.45, 2.75) is 32.6 Å². The van der Waals surface area contributed by atoms with Crippen LogP contribution in [-0.4, -0.2) is 72.3 Å². The van der Waals surface area contributed by atoms with Crippen molar-refractivity contribution < 1.29 is 9.47 Å². The van der Waals surface area contributed by atoms with Gasteiger partial charge in [0.1, 0.15) is 24.7 Å². The van der Waals surface area contributed by atoms with Gasteiger partial charge in [-0.1, -0.05) is 0 Å². The number of nitrogens with zero attached hydrogens (tertiary/aromatic N) is 4. The first-order chi connectivity index (χ1) is 20.7. The summed E-state index contributed by atoms with van der Waals surface area (Å²) in [7, 11) is 0. The Labute approximate surface area is 252 Å². The summed E-state index contributed by atoms with van der Waals surface area (Å²) in [6.07, 6.45) is 7.10. The van der Waals surface area contributed by atoms with E-state index in [1.165, 1.54) is 51.9 Å². The number of aryl methyl sites for hydroxylation is 1. The highest BCUT2D eigenvalue weighted by atomic mass is 32.1. The molecular weight excluding hydrogens is 544 g/mol. The van der Waals surface area contributed by atoms with Gasteiger partial charge in [0.2, 0.25) is 5.95 Å². The number of thiophene rings is 1. The molecule has 8 nitrogen and oxygen atoms in total. The maximum Gasteiger partial charge on any atom is 0.227 e. The number of hydrogen-bond donors (Lipinski definition) is 2. The van der Waals surface area contributed by atoms with Crippen molar-refractivity contribution in [3.05, 3.63) is 72.4 Å². The molecule has 0 saturated carbocycles. The lowest BCUT2D eigenvalue weighted by Gasteiger charge is -2.15. The molecular formula is C33H40N6O2S. The molecule has 2 aromatic heterocycles. The fourth-order valence-electron chi connectivity index (χ4n) is 5.42. The number of aromatic nitrogens is 2. The van der Waals surface area contributed by atoms with Crippen LogP contribution in [0.1, 0.15) is 31.2 Å². The zero-order valence-corrected chi connectivity index (χ0v) is 25.2. The van der Waals surface area contributed by atoms with E-state index < -0.39 is 0 Å². The Bertz CT molecular complexity index is 1410. The van der Waals surface area contributed by atoms with Crippen LogP contribution in [-0.2, 0) is 0 Å². The Morgan fingerprint density at radius 2 is 1.26 bits per heavy atom. The maximum atomic E-state index is 5.95. The van der Waals surface area contributed by atoms with Crippen molar-refractivity contribution in [1.29, 1.82) is 0 Å². The van der Waals surface area contributed by atoms with Gasteiger partial charge in [0.05, 0.1) is 15.6 Å². The first-order valence-corrected chi connectivity index (χ1v) is 15.9. The summed E-state index contributed by atoms with van der Waals surface area (Å²) in [6.45, 7) is 10.3. The van der Waals surface area contributed by atoms with E-state index in [1.807, 2.05) is 49.5 Å². The second-order valence-electron chi connectivity index (χ2n) is 11.0. The number of ether oxygens (including phenoxy) is 2. The van der Waals surface area contributed by atoms with Gasteiger partial charge in [-0.3, -0.25) is 9.80 Å². The molecule has 0 atom stereocenters. The molecule has 220 valence electrons. The van der Waals surface area contributed by atoms with E-state index in [-0.39, 0.29) is 0 Å². The van der Waals surface area contributed by atoms with Gasteiger partial charge in [0.25, 0.3) is 0 Å². The van der Waals surface area contributed by atoms with Gasteiger partial charge in [-0.15, -0.1) is 11.3 Å². The van der Waals surface area contributed by atoms with Gasteiger partial charge in [0, 0.05) is 30.7 Å². The summed E-state index contributed by atoms with van der Waals surface area (Å²) < 4.78 is 11.9. The molecule has 0 unspecified atom stereocenters. The summed E-state index contributed by atoms with van der Waals surface area (Å²) in [5.41, 5.74) is 3.91. The Morgan fingerprint density at radius 1 is 0.714 bits per heavy atom. The largest absolute Gasteiger partial charge is 0.492 e. The van der Waals surface area contributed by atoms with Crippen molar-refractivity contribution in [3.8, 4) is 22.1 Å². The molecule has 2 fully saturated rings. The quantitative estimate of drug-likeness (QED) is 0.175. The second-order valence-corrected chi connectivity index (χ2v) is 12.1. The van der Waals surface area contributed by atoms with E-state index in [0.29, 0.717) is 12.6 Å². The van der Waals surface area contributed by atoms with E-state index in [2.05, 4.69) is 49.7 Å². The molecule has 6 rings (SSSR count). The van der Waals surface area contributed by atoms with E-state index in [0.717, 1.165) is 63.7 Å². The van der Waals surface area contributed by atoms with Gasteiger partial charge in [-0.25, -0.2) is 9.97 Å². The molecule has 9 heteroatoms. The Kier molecular flexibility index (Phi) is 9.49. The van der Waals surface area contributed by atoms with Crippen LogP contribution in [0, 0.1) is 6.92 Å². The van der Waals surface area contributed by atoms with E-state index in [4.69, 9.17) is 14.5 Å². The first-order valence-electron chi connectivity index (χ1n) is 15.1. The Morgan fingerprint density at radius 3 is 1.83 bits per heavy atom. The first kappa shape index (κ1) is 28.5. The van der Waals surface area contributed by atoms with E-state index >= 15 is 0 Å². The average molecular weight is 585 g/mol. The van der Waals surface area contributed by atoms with Crippen molar-refractivity contribution >= 4 is 33.7 Å². The third-order valence-corrected chi connectivity index (χ3v) is 8.80. The molecule has 0 aliphatic carbocycles. The van der Waals surface area contributed by atoms with Crippen LogP contribution >= 0.6 is 11.3 Å². The molecule has 2 N–H and O–H groups in total. The van der Waals surface area contributed by atoms with Crippen LogP contribution in [0.2, 0.25) is 0 Å². The topological polar surface area (TPSA) is 74.8 Å². The van der Waals surface area contributed by atoms with E-state index in [1.54, 1.807) is 11.3 Å². The minimum Gasteiger partial charge on any atom is -0.492 e. The number of nitrogens with one attached hydrogen (secondary N) is 2. The lowest BCUT2D eigenvalue weighted by molar-refractivity contribution is 0.237. The van der Waals surface area contributed by atoms with Crippen molar-refractivity contribution in [2.24, 2.45) is 0 Å². The van der Waals surface area contributed by atoms with Crippen LogP contribution in [0.25, 0.3) is 10.6 Å². The van der Waals surface area contributed by atoms with Gasteiger partial charge >= 0.3 is 0 Å². The molecule has 0 amide bonds. The van der Waals surface area contributed by atoms with Gasteiger partial charge in [-0.2, -0.15) is 0 Å². The smallest absolute Gasteiger partial charge is 0.227 e. The molecule has 2 aliphatic heterocycles. The molecule has 4 aromatic rings. The summed E-state index contributed by atoms with van der Waals surface area (Å²) >= 11 is 1.67. The molecule has 4 heterocycles. The number of anilines is 4. The minimum atomic E-state index is 0.571. The summed E-state index contributed by atoms with van der Waals surface area (Å²) in [5, 5.41) is 7.91. The molecule has 0 bridgehead atoms. The lowest BCUT2D eigenvalue weighted by atomic mass is 10.2. The van der Waals surface area contributed by atoms with Crippen LogP contribution in [0.4, 0.5) is 22.3 Å². The summed E-state index contributed by atoms with van der Waals surface area (Å²) in [5.74, 6) is 2.35. The summed E-state index contributed by atoms with van der Waals surface area (Å²) in [6, 6.07) is 20.4. The molecule has 2 aliphatic rings. The molecule has 2 aromatic carbocycles. The third-order valence-electron chi connectivity index (χ3n) is 7.79. The van der Waals surface area contributed by atoms with Gasteiger partial charge in [-0.05, 0) is 125 Å². The van der Waals surface area contributed by atoms with Crippen molar-refractivity contribution in [3.63, 3.8) is 0 Å². The number of rotatable bonds is 13. The monoisotopic (exact) mass is 584 g/mol. The molecule has 0 spiro atoms. The Hall–Kier alpha value is -3.66. The van der Waals surface area contributed by atoms with Crippen LogP contribution in [0.5, 0.6) is 11.5 Å². The van der Waals surface area contributed by atoms with E-state index in [9.17, 15) is 0 Å². The zero-order valence-electron chi connectivity index (χ0n) is 24.3. The summed E-state index contributed by atoms with van der Waals surface area (Å²) in [4.78, 5) is 15.4. The second kappa shape index (κ2) is 14.0. The van der Waals surface area contributed by atoms with Gasteiger partial charge < -0.3 is 20.1 Å². The normalized spacial score (nSPS) is 15.6. The van der Waals surface area contributed by atoms with Gasteiger partial charge in [0.15, 0.2) is 0 Å². The molecule has 2 saturated heterocycles. The lowest BCUT2D eigenvalue weighted by Crippen LogP contribution is -2.25. The fraction of sp³-hybridized carbons (Fsp3) is 0.394. The predicted octanol–water partition coefficient (Wildman–Crippen LogP) is 6.95. The average Bonchev–Trinajstić information content (AvgIpc) is 3.80. The van der Waals surface area contributed by atoms with Crippen LogP contribution in [0.15, 0.2) is 66.9 Å². The third kappa shape index (κ3) is 7.79. The number of hydrogen-bond acceptors (Lipinski definition) is 9. The predicted molar refractivity (Wildman–Crippen MR) is 172 cm³/mol. The standard InChI is InChI=1S/C33H40N6O2S/c1-25-24-34-33(36-27-8-12-29(13-9-27)41-23-21-39-18-4-5-19-39)37-32(25)30-14-15-31(42-30)35-26-6-10-28(11-7-26)40-22-20-38-16-2-3-17-38/h6-15,24,35H,2-5,16-23H2,1H3,(H,34,36,37). The highest BCUT2D eigenvalue weighted by molar-refractivity contribution is 7.19. The van der Waals surface area contributed by atoms with Crippen LogP contribution < -0.4 is 20.1 Å². The molecule has 42 heavy (non-hydrogen) atoms. The van der Waals surface area contributed by atoms with Crippen molar-refractivity contribution in [1.82, 2.24) is 19.8 Å². The number of likely N-dealkylation sites (tertiary alicyclic amines) is 2. The fourth-order valence-corrected chi connectivity index (χ4v) is 6.40. The Balaban J connectivity index is 1.01. The minimum absolute atomic E-state index is 0.571. The molecule has 0 radical (unpaired) electrons. The van der Waals surface area contributed by atoms with Crippen LogP contribution in [0.3, 0.4) is 0 Å². The SMILES string of the molecule is Cc1cnc(Nc2ccc(OCCN3CCCC3)cc2)nc1-c1ccc(Nc2ccc(OCCN3CCCC3)cc2)s1. The highest BCUT2D eigenvalue weighted by Gasteiger charge is 2.13. The maximum absolute atomic E-state index is 5.95. The zero-order chi connectivity index (χ0) is 28.6. The highest BCUT2D eigenvalue weighted by Crippen LogP contribution is 2.34. The number of benzene rings is 2.